The first-order valence-corrected chi connectivity index (χ1v) is 9.42. The van der Waals surface area contributed by atoms with Gasteiger partial charge in [-0.3, -0.25) is 0 Å². The lowest BCUT2D eigenvalue weighted by Gasteiger charge is -2.28. The van der Waals surface area contributed by atoms with Crippen molar-refractivity contribution in [1.82, 2.24) is 0 Å². The van der Waals surface area contributed by atoms with Gasteiger partial charge in [-0.1, -0.05) is 69.9 Å². The van der Waals surface area contributed by atoms with Crippen molar-refractivity contribution in [3.8, 4) is 0 Å². The zero-order chi connectivity index (χ0) is 11.5. The molecule has 0 saturated carbocycles. The van der Waals surface area contributed by atoms with Crippen molar-refractivity contribution in [2.24, 2.45) is 0 Å². The molecule has 0 unspecified atom stereocenters. The van der Waals surface area contributed by atoms with Gasteiger partial charge in [0, 0.05) is 8.07 Å². The maximum Gasteiger partial charge on any atom is 0.0445 e. The van der Waals surface area contributed by atoms with E-state index in [1.165, 1.54) is 11.6 Å². The molecule has 1 rings (SSSR count). The quantitative estimate of drug-likeness (QED) is 0.654. The third-order valence-electron chi connectivity index (χ3n) is 2.74. The molecule has 0 N–H and O–H groups in total. The van der Waals surface area contributed by atoms with Crippen LogP contribution < -0.4 is 0 Å². The van der Waals surface area contributed by atoms with E-state index in [-0.39, 0.29) is 5.41 Å². The van der Waals surface area contributed by atoms with Crippen molar-refractivity contribution in [1.29, 1.82) is 0 Å². The van der Waals surface area contributed by atoms with Crippen molar-refractivity contribution in [2.75, 3.05) is 0 Å². The molecule has 0 atom stereocenters. The summed E-state index contributed by atoms with van der Waals surface area (Å²) >= 11 is 0. The lowest BCUT2D eigenvalue weighted by molar-refractivity contribution is 0.613. The van der Waals surface area contributed by atoms with Gasteiger partial charge in [-0.2, -0.15) is 0 Å². The molecule has 83 valence electrons. The van der Waals surface area contributed by atoms with Crippen LogP contribution in [0.15, 0.2) is 30.3 Å². The van der Waals surface area contributed by atoms with E-state index in [1.54, 1.807) is 0 Å². The second-order valence-corrected chi connectivity index (χ2v) is 11.6. The Morgan fingerprint density at radius 3 is 2.07 bits per heavy atom. The molecule has 0 nitrogen and oxygen atoms in total. The molecule has 1 aromatic rings. The summed E-state index contributed by atoms with van der Waals surface area (Å²) < 4.78 is 0. The highest BCUT2D eigenvalue weighted by molar-refractivity contribution is 6.76. The molecule has 15 heavy (non-hydrogen) atoms. The summed E-state index contributed by atoms with van der Waals surface area (Å²) in [6.45, 7) is 11.9. The fourth-order valence-electron chi connectivity index (χ4n) is 1.55. The van der Waals surface area contributed by atoms with Crippen molar-refractivity contribution < 1.29 is 0 Å². The maximum absolute atomic E-state index is 2.49. The Bertz CT molecular complexity index is 293. The predicted molar refractivity (Wildman–Crippen MR) is 71.9 cm³/mol. The third-order valence-corrected chi connectivity index (χ3v) is 4.17. The molecule has 1 aromatic carbocycles. The Labute approximate surface area is 95.7 Å². The summed E-state index contributed by atoms with van der Waals surface area (Å²) in [5, 5.41) is 0. The van der Waals surface area contributed by atoms with E-state index in [2.05, 4.69) is 70.2 Å². The van der Waals surface area contributed by atoms with Crippen LogP contribution in [0.1, 0.15) is 19.4 Å². The van der Waals surface area contributed by atoms with Crippen LogP contribution in [-0.2, 0) is 5.41 Å². The first-order valence-electron chi connectivity index (χ1n) is 5.71. The van der Waals surface area contributed by atoms with Gasteiger partial charge >= 0.3 is 0 Å². The third kappa shape index (κ3) is 4.21. The Hall–Kier alpha value is -0.563. The monoisotopic (exact) mass is 219 g/mol. The zero-order valence-corrected chi connectivity index (χ0v) is 11.7. The first kappa shape index (κ1) is 12.5. The predicted octanol–water partition coefficient (Wildman–Crippen LogP) is 4.51. The standard InChI is InChI=1S/C14H23Si/c1-14(2,11-12-15(3,4)5)13-9-7-6-8-10-13/h6-11H,12H2,1-5H3. The van der Waals surface area contributed by atoms with Gasteiger partial charge < -0.3 is 0 Å². The molecule has 0 aliphatic heterocycles. The largest absolute Gasteiger partial charge is 0.0695 e. The van der Waals surface area contributed by atoms with E-state index in [4.69, 9.17) is 0 Å². The van der Waals surface area contributed by atoms with Crippen molar-refractivity contribution in [3.63, 3.8) is 0 Å². The minimum Gasteiger partial charge on any atom is -0.0695 e. The van der Waals surface area contributed by atoms with Gasteiger partial charge in [0.05, 0.1) is 0 Å². The van der Waals surface area contributed by atoms with Gasteiger partial charge in [0.2, 0.25) is 0 Å². The highest BCUT2D eigenvalue weighted by atomic mass is 28.3. The Morgan fingerprint density at radius 1 is 1.07 bits per heavy atom. The fourth-order valence-corrected chi connectivity index (χ4v) is 2.67. The van der Waals surface area contributed by atoms with Crippen LogP contribution in [0.2, 0.25) is 25.7 Å². The molecule has 0 aliphatic carbocycles. The van der Waals surface area contributed by atoms with Crippen LogP contribution >= 0.6 is 0 Å². The van der Waals surface area contributed by atoms with E-state index < -0.39 is 8.07 Å². The molecule has 1 heteroatoms. The van der Waals surface area contributed by atoms with E-state index in [1.807, 2.05) is 0 Å². The Kier molecular flexibility index (Phi) is 3.77. The van der Waals surface area contributed by atoms with Crippen LogP contribution in [0.5, 0.6) is 0 Å². The summed E-state index contributed by atoms with van der Waals surface area (Å²) in [6.07, 6.45) is 2.49. The van der Waals surface area contributed by atoms with Gasteiger partial charge in [0.25, 0.3) is 0 Å². The summed E-state index contributed by atoms with van der Waals surface area (Å²) in [5.74, 6) is 0. The van der Waals surface area contributed by atoms with Crippen molar-refractivity contribution in [3.05, 3.63) is 42.3 Å². The van der Waals surface area contributed by atoms with Gasteiger partial charge in [-0.05, 0) is 17.4 Å². The van der Waals surface area contributed by atoms with Gasteiger partial charge in [0.15, 0.2) is 0 Å². The molecule has 0 amide bonds. The highest BCUT2D eigenvalue weighted by Crippen LogP contribution is 2.29. The smallest absolute Gasteiger partial charge is 0.0445 e. The van der Waals surface area contributed by atoms with E-state index in [0.29, 0.717) is 0 Å². The highest BCUT2D eigenvalue weighted by Gasteiger charge is 2.24. The summed E-state index contributed by atoms with van der Waals surface area (Å²) in [5.41, 5.74) is 1.63. The number of rotatable bonds is 4. The first-order chi connectivity index (χ1) is 6.81. The van der Waals surface area contributed by atoms with Crippen LogP contribution in [0.25, 0.3) is 0 Å². The molecule has 0 aliphatic rings. The molecule has 0 heterocycles. The van der Waals surface area contributed by atoms with Crippen molar-refractivity contribution in [2.45, 2.75) is 44.9 Å². The van der Waals surface area contributed by atoms with Crippen molar-refractivity contribution >= 4 is 8.07 Å². The van der Waals surface area contributed by atoms with Gasteiger partial charge in [0.1, 0.15) is 0 Å². The molecular formula is C14H23Si. The number of hydrogen-bond donors (Lipinski definition) is 0. The molecule has 0 aromatic heterocycles. The van der Waals surface area contributed by atoms with Crippen LogP contribution in [0.3, 0.4) is 0 Å². The van der Waals surface area contributed by atoms with Gasteiger partial charge in [-0.15, -0.1) is 0 Å². The molecule has 1 radical (unpaired) electrons. The molecular weight excluding hydrogens is 196 g/mol. The van der Waals surface area contributed by atoms with Crippen LogP contribution in [-0.4, -0.2) is 8.07 Å². The minimum atomic E-state index is -0.955. The lowest BCUT2D eigenvalue weighted by Crippen LogP contribution is -2.26. The lowest BCUT2D eigenvalue weighted by atomic mass is 9.82. The van der Waals surface area contributed by atoms with Crippen LogP contribution in [0, 0.1) is 6.42 Å². The van der Waals surface area contributed by atoms with Gasteiger partial charge in [-0.25, -0.2) is 0 Å². The summed E-state index contributed by atoms with van der Waals surface area (Å²) in [6, 6.07) is 12.1. The molecule has 0 spiro atoms. The average molecular weight is 219 g/mol. The molecule has 0 saturated heterocycles. The van der Waals surface area contributed by atoms with E-state index in [0.717, 1.165) is 0 Å². The number of benzene rings is 1. The second-order valence-electron chi connectivity index (χ2n) is 6.06. The second kappa shape index (κ2) is 4.52. The molecule has 0 bridgehead atoms. The molecule has 0 fully saturated rings. The summed E-state index contributed by atoms with van der Waals surface area (Å²) in [4.78, 5) is 0. The minimum absolute atomic E-state index is 0.210. The topological polar surface area (TPSA) is 0 Å². The normalized spacial score (nSPS) is 12.9. The number of hydrogen-bond acceptors (Lipinski definition) is 0. The fraction of sp³-hybridized carbons (Fsp3) is 0.500. The SMILES string of the molecule is CC(C)([CH]C[Si](C)(C)C)c1ccccc1. The summed E-state index contributed by atoms with van der Waals surface area (Å²) in [7, 11) is -0.955. The van der Waals surface area contributed by atoms with E-state index >= 15 is 0 Å². The Balaban J connectivity index is 2.68. The maximum atomic E-state index is 2.49. The van der Waals surface area contributed by atoms with E-state index in [9.17, 15) is 0 Å². The average Bonchev–Trinajstić information content (AvgIpc) is 2.16. The van der Waals surface area contributed by atoms with Crippen LogP contribution in [0.4, 0.5) is 0 Å². The zero-order valence-electron chi connectivity index (χ0n) is 10.7. The Morgan fingerprint density at radius 2 is 1.60 bits per heavy atom.